The Morgan fingerprint density at radius 1 is 1.15 bits per heavy atom. The van der Waals surface area contributed by atoms with E-state index in [9.17, 15) is 15.3 Å². The highest BCUT2D eigenvalue weighted by atomic mass is 16.6. The molecule has 4 rings (SSSR count). The summed E-state index contributed by atoms with van der Waals surface area (Å²) in [4.78, 5) is 15.0. The Morgan fingerprint density at radius 2 is 1.93 bits per heavy atom. The fourth-order valence-electron chi connectivity index (χ4n) is 3.43. The highest BCUT2D eigenvalue weighted by molar-refractivity contribution is 5.86. The molecule has 3 aromatic rings. The second-order valence-electron chi connectivity index (χ2n) is 6.60. The van der Waals surface area contributed by atoms with Gasteiger partial charge in [0.05, 0.1) is 12.9 Å². The van der Waals surface area contributed by atoms with Crippen molar-refractivity contribution in [1.82, 2.24) is 19.5 Å². The van der Waals surface area contributed by atoms with Crippen LogP contribution in [0.5, 0.6) is 0 Å². The summed E-state index contributed by atoms with van der Waals surface area (Å²) in [6.07, 6.45) is -1.23. The number of fused-ring (bicyclic) bond motifs is 1. The summed E-state index contributed by atoms with van der Waals surface area (Å²) in [5, 5.41) is 29.6. The number of hydrogen-bond donors (Lipinski definition) is 3. The van der Waals surface area contributed by atoms with Crippen molar-refractivity contribution in [2.75, 3.05) is 18.6 Å². The van der Waals surface area contributed by atoms with Crippen LogP contribution in [0.3, 0.4) is 0 Å². The minimum atomic E-state index is -1.20. The van der Waals surface area contributed by atoms with Crippen molar-refractivity contribution in [2.24, 2.45) is 0 Å². The van der Waals surface area contributed by atoms with E-state index < -0.39 is 31.1 Å². The van der Waals surface area contributed by atoms with Crippen LogP contribution in [0, 0.1) is 6.92 Å². The number of benzene rings is 1. The number of para-hydroxylation sites is 1. The molecule has 0 bridgehead atoms. The maximum Gasteiger partial charge on any atom is 0.167 e. The fourth-order valence-corrected chi connectivity index (χ4v) is 3.43. The molecule has 9 heteroatoms. The van der Waals surface area contributed by atoms with Gasteiger partial charge in [-0.05, 0) is 18.6 Å². The first-order valence-corrected chi connectivity index (χ1v) is 8.62. The molecule has 1 aliphatic heterocycles. The van der Waals surface area contributed by atoms with Gasteiger partial charge in [-0.25, -0.2) is 15.0 Å². The molecule has 1 aromatic carbocycles. The van der Waals surface area contributed by atoms with E-state index in [1.807, 2.05) is 43.1 Å². The van der Waals surface area contributed by atoms with Gasteiger partial charge in [0.15, 0.2) is 23.2 Å². The van der Waals surface area contributed by atoms with Crippen LogP contribution in [0.25, 0.3) is 11.2 Å². The monoisotopic (exact) mass is 371 g/mol. The van der Waals surface area contributed by atoms with Crippen molar-refractivity contribution < 1.29 is 20.1 Å². The van der Waals surface area contributed by atoms with Gasteiger partial charge in [0, 0.05) is 12.7 Å². The van der Waals surface area contributed by atoms with Gasteiger partial charge in [-0.15, -0.1) is 0 Å². The number of aliphatic hydroxyl groups excluding tert-OH is 3. The smallest absolute Gasteiger partial charge is 0.167 e. The summed E-state index contributed by atoms with van der Waals surface area (Å²) in [5.74, 6) is 0.611. The molecule has 142 valence electrons. The minimum absolute atomic E-state index is 0.391. The van der Waals surface area contributed by atoms with E-state index in [0.29, 0.717) is 17.0 Å². The Kier molecular flexibility index (Phi) is 4.52. The zero-order valence-electron chi connectivity index (χ0n) is 15.0. The summed E-state index contributed by atoms with van der Waals surface area (Å²) >= 11 is 0. The molecular weight excluding hydrogens is 350 g/mol. The summed E-state index contributed by atoms with van der Waals surface area (Å²) in [7, 11) is 1.90. The van der Waals surface area contributed by atoms with E-state index >= 15 is 0 Å². The lowest BCUT2D eigenvalue weighted by atomic mass is 10.1. The van der Waals surface area contributed by atoms with Gasteiger partial charge in [0.1, 0.15) is 24.6 Å². The van der Waals surface area contributed by atoms with E-state index in [1.165, 1.54) is 12.7 Å². The Labute approximate surface area is 155 Å². The zero-order chi connectivity index (χ0) is 19.1. The molecule has 0 amide bonds. The van der Waals surface area contributed by atoms with Crippen LogP contribution in [-0.4, -0.2) is 66.8 Å². The van der Waals surface area contributed by atoms with Crippen LogP contribution in [0.15, 0.2) is 36.9 Å². The Balaban J connectivity index is 1.76. The zero-order valence-corrected chi connectivity index (χ0v) is 15.0. The number of hydrogen-bond acceptors (Lipinski definition) is 8. The average Bonchev–Trinajstić information content (AvgIpc) is 3.23. The van der Waals surface area contributed by atoms with Gasteiger partial charge >= 0.3 is 0 Å². The first kappa shape index (κ1) is 17.8. The van der Waals surface area contributed by atoms with E-state index in [2.05, 4.69) is 15.0 Å². The van der Waals surface area contributed by atoms with Gasteiger partial charge in [-0.1, -0.05) is 18.2 Å². The Hall–Kier alpha value is -2.59. The van der Waals surface area contributed by atoms with Crippen LogP contribution in [-0.2, 0) is 4.74 Å². The van der Waals surface area contributed by atoms with Crippen LogP contribution in [0.4, 0.5) is 11.5 Å². The van der Waals surface area contributed by atoms with E-state index in [1.54, 1.807) is 4.57 Å². The Morgan fingerprint density at radius 3 is 2.63 bits per heavy atom. The van der Waals surface area contributed by atoms with Crippen molar-refractivity contribution in [3.63, 3.8) is 0 Å². The molecule has 2 aromatic heterocycles. The van der Waals surface area contributed by atoms with Crippen LogP contribution >= 0.6 is 0 Å². The molecule has 1 aliphatic rings. The van der Waals surface area contributed by atoms with E-state index in [4.69, 9.17) is 4.74 Å². The third-order valence-electron chi connectivity index (χ3n) is 4.93. The van der Waals surface area contributed by atoms with Gasteiger partial charge < -0.3 is 25.0 Å². The van der Waals surface area contributed by atoms with Gasteiger partial charge in [-0.3, -0.25) is 4.57 Å². The highest BCUT2D eigenvalue weighted by Crippen LogP contribution is 2.34. The standard InChI is InChI=1S/C18H21N5O4/c1-10-5-3-4-6-11(10)22(2)16-13-17(20-8-19-16)23(9-21-13)18-15(26)14(25)12(7-24)27-18/h3-6,8-9,12,14-15,18,24-26H,7H2,1-2H3/t12-,14-,15-,18-/m1/s1. The normalized spacial score (nSPS) is 25.2. The molecule has 0 radical (unpaired) electrons. The average molecular weight is 371 g/mol. The molecule has 1 saturated heterocycles. The lowest BCUT2D eigenvalue weighted by Crippen LogP contribution is -2.33. The fraction of sp³-hybridized carbons (Fsp3) is 0.389. The number of nitrogens with zero attached hydrogens (tertiary/aromatic N) is 5. The molecule has 0 aliphatic carbocycles. The molecular formula is C18H21N5O4. The number of imidazole rings is 1. The van der Waals surface area contributed by atoms with Crippen molar-refractivity contribution in [2.45, 2.75) is 31.5 Å². The molecule has 9 nitrogen and oxygen atoms in total. The molecule has 3 heterocycles. The number of anilines is 2. The molecule has 27 heavy (non-hydrogen) atoms. The van der Waals surface area contributed by atoms with Crippen LogP contribution in [0.2, 0.25) is 0 Å². The Bertz CT molecular complexity index is 962. The number of aromatic nitrogens is 4. The van der Waals surface area contributed by atoms with E-state index in [0.717, 1.165) is 11.3 Å². The SMILES string of the molecule is Cc1ccccc1N(C)c1ncnc2c1ncn2[C@@H]1O[C@H](CO)[C@@H](O)[C@H]1O. The van der Waals surface area contributed by atoms with Crippen LogP contribution in [0.1, 0.15) is 11.8 Å². The first-order chi connectivity index (χ1) is 13.0. The van der Waals surface area contributed by atoms with Crippen molar-refractivity contribution in [1.29, 1.82) is 0 Å². The highest BCUT2D eigenvalue weighted by Gasteiger charge is 2.44. The maximum atomic E-state index is 10.3. The first-order valence-electron chi connectivity index (χ1n) is 8.62. The van der Waals surface area contributed by atoms with Gasteiger partial charge in [0.2, 0.25) is 0 Å². The predicted molar refractivity (Wildman–Crippen MR) is 97.6 cm³/mol. The lowest BCUT2D eigenvalue weighted by molar-refractivity contribution is -0.0511. The molecule has 0 unspecified atom stereocenters. The summed E-state index contributed by atoms with van der Waals surface area (Å²) < 4.78 is 7.14. The molecule has 0 saturated carbocycles. The van der Waals surface area contributed by atoms with Gasteiger partial charge in [-0.2, -0.15) is 0 Å². The molecule has 4 atom stereocenters. The predicted octanol–water partition coefficient (Wildman–Crippen LogP) is 0.514. The molecule has 1 fully saturated rings. The third-order valence-corrected chi connectivity index (χ3v) is 4.93. The number of rotatable bonds is 4. The molecule has 3 N–H and O–H groups in total. The second kappa shape index (κ2) is 6.86. The number of aliphatic hydroxyl groups is 3. The van der Waals surface area contributed by atoms with Crippen LogP contribution < -0.4 is 4.90 Å². The third kappa shape index (κ3) is 2.85. The maximum absolute atomic E-state index is 10.3. The summed E-state index contributed by atoms with van der Waals surface area (Å²) in [6, 6.07) is 7.93. The minimum Gasteiger partial charge on any atom is -0.394 e. The molecule has 0 spiro atoms. The van der Waals surface area contributed by atoms with Gasteiger partial charge in [0.25, 0.3) is 0 Å². The summed E-state index contributed by atoms with van der Waals surface area (Å²) in [6.45, 7) is 1.62. The van der Waals surface area contributed by atoms with Crippen molar-refractivity contribution in [3.05, 3.63) is 42.5 Å². The summed E-state index contributed by atoms with van der Waals surface area (Å²) in [5.41, 5.74) is 3.09. The van der Waals surface area contributed by atoms with E-state index in [-0.39, 0.29) is 0 Å². The second-order valence-corrected chi connectivity index (χ2v) is 6.60. The largest absolute Gasteiger partial charge is 0.394 e. The lowest BCUT2D eigenvalue weighted by Gasteiger charge is -2.21. The number of ether oxygens (including phenoxy) is 1. The quantitative estimate of drug-likeness (QED) is 0.608. The van der Waals surface area contributed by atoms with Crippen molar-refractivity contribution in [3.8, 4) is 0 Å². The van der Waals surface area contributed by atoms with Crippen molar-refractivity contribution >= 4 is 22.7 Å². The topological polar surface area (TPSA) is 117 Å². The number of aryl methyl sites for hydroxylation is 1.